The van der Waals surface area contributed by atoms with Gasteiger partial charge < -0.3 is 14.2 Å². The Hall–Kier alpha value is -6.84. The molecular weight excluding hydrogens is 821 g/mol. The minimum Gasteiger partial charge on any atom is -0.443 e. The molecule has 0 saturated carbocycles. The quantitative estimate of drug-likeness (QED) is 0.131. The maximum absolute atomic E-state index is 14.6. The van der Waals surface area contributed by atoms with Gasteiger partial charge in [-0.1, -0.05) is 32.0 Å². The van der Waals surface area contributed by atoms with E-state index >= 15 is 0 Å². The molecule has 0 bridgehead atoms. The number of hydrogen-bond acceptors (Lipinski definition) is 11. The smallest absolute Gasteiger partial charge is 0.280 e. The van der Waals surface area contributed by atoms with Crippen LogP contribution < -0.4 is 0 Å². The van der Waals surface area contributed by atoms with Crippen LogP contribution in [0.3, 0.4) is 0 Å². The number of rotatable bonds is 9. The van der Waals surface area contributed by atoms with Gasteiger partial charge in [0, 0.05) is 50.0 Å². The summed E-state index contributed by atoms with van der Waals surface area (Å²) in [6, 6.07) is 16.9. The van der Waals surface area contributed by atoms with Crippen LogP contribution in [0.4, 0.5) is 17.6 Å². The van der Waals surface area contributed by atoms with Gasteiger partial charge in [0.25, 0.3) is 36.2 Å². The Morgan fingerprint density at radius 3 is 2.40 bits per heavy atom. The molecule has 9 rings (SSSR count). The highest BCUT2D eigenvalue weighted by Gasteiger charge is 2.45. The highest BCUT2D eigenvalue weighted by atomic mass is 19.3. The number of oxazole rings is 1. The molecule has 7 aromatic rings. The number of amides is 2. The molecule has 0 radical (unpaired) electrons. The number of halogens is 4. The van der Waals surface area contributed by atoms with E-state index in [0.29, 0.717) is 58.6 Å². The van der Waals surface area contributed by atoms with Crippen molar-refractivity contribution in [2.75, 3.05) is 26.2 Å². The summed E-state index contributed by atoms with van der Waals surface area (Å²) < 4.78 is 66.3. The van der Waals surface area contributed by atoms with Crippen LogP contribution in [0.5, 0.6) is 0 Å². The van der Waals surface area contributed by atoms with Crippen molar-refractivity contribution < 1.29 is 31.6 Å². The first kappa shape index (κ1) is 41.5. The van der Waals surface area contributed by atoms with Gasteiger partial charge in [-0.3, -0.25) is 9.59 Å². The van der Waals surface area contributed by atoms with Crippen LogP contribution in [0.2, 0.25) is 0 Å². The van der Waals surface area contributed by atoms with Gasteiger partial charge in [0.15, 0.2) is 17.8 Å². The van der Waals surface area contributed by atoms with Gasteiger partial charge in [0.1, 0.15) is 23.2 Å². The molecule has 19 heteroatoms. The normalized spacial score (nSPS) is 20.9. The minimum atomic E-state index is -2.93. The molecule has 2 aliphatic heterocycles. The fraction of sp³-hybridized carbons (Fsp3) is 0.409. The Bertz CT molecular complexity index is 2940. The van der Waals surface area contributed by atoms with Gasteiger partial charge >= 0.3 is 0 Å². The standard InChI is InChI=1S/C44H42F4N12O3/c1-24-11-13-57(39(61)25-7-5-8-26(15-25)43(2,3)21-49)19-28(24)33-16-31(37(45)46)54-42-55-35(56-60(33)42)18-44(4)12-14-58(40(62)27-9-6-10-30-36(27)63-23-51-30)20-29(44)34-17-32(38(47)48)53-41-50-22-52-59(34)41/h5-10,15-17,22-24,28-29,37-38H,11-14,18-20H2,1-4H3/t24?,28-,29+,44-/m1/s1. The third kappa shape index (κ3) is 7.50. The summed E-state index contributed by atoms with van der Waals surface area (Å²) in [5.41, 5.74) is 0.372. The number of aromatic nitrogens is 9. The number of fused-ring (bicyclic) bond motifs is 3. The van der Waals surface area contributed by atoms with E-state index in [4.69, 9.17) is 14.5 Å². The Kier molecular flexibility index (Phi) is 10.4. The molecule has 0 aliphatic carbocycles. The third-order valence-electron chi connectivity index (χ3n) is 12.9. The zero-order valence-corrected chi connectivity index (χ0v) is 34.8. The molecule has 0 spiro atoms. The maximum Gasteiger partial charge on any atom is 0.280 e. The van der Waals surface area contributed by atoms with Gasteiger partial charge in [0.2, 0.25) is 0 Å². The summed E-state index contributed by atoms with van der Waals surface area (Å²) in [6.45, 7) is 8.48. The van der Waals surface area contributed by atoms with Gasteiger partial charge in [-0.05, 0) is 80.0 Å². The SMILES string of the molecule is CC1CCN(C(=O)c2cccc(C(C)(C)C#N)c2)C[C@H]1c1cc(C(F)F)nc2nc(C[C@@]3(C)CCN(C(=O)c4cccc5ncoc45)C[C@H]3c3cc(C(F)F)nc4ncnn34)nn12. The lowest BCUT2D eigenvalue weighted by Gasteiger charge is -2.45. The molecule has 2 fully saturated rings. The van der Waals surface area contributed by atoms with Crippen LogP contribution in [-0.2, 0) is 11.8 Å². The van der Waals surface area contributed by atoms with E-state index in [-0.39, 0.29) is 61.2 Å². The number of piperidine rings is 2. The lowest BCUT2D eigenvalue weighted by atomic mass is 9.67. The van der Waals surface area contributed by atoms with Crippen LogP contribution in [0.15, 0.2) is 71.7 Å². The predicted molar refractivity (Wildman–Crippen MR) is 218 cm³/mol. The number of nitriles is 1. The number of alkyl halides is 4. The second kappa shape index (κ2) is 15.8. The summed E-state index contributed by atoms with van der Waals surface area (Å²) in [7, 11) is 0. The van der Waals surface area contributed by atoms with E-state index in [1.165, 1.54) is 33.9 Å². The van der Waals surface area contributed by atoms with E-state index in [9.17, 15) is 32.4 Å². The summed E-state index contributed by atoms with van der Waals surface area (Å²) in [6.07, 6.45) is -2.31. The maximum atomic E-state index is 14.6. The number of hydrogen-bond donors (Lipinski definition) is 0. The number of benzene rings is 2. The molecule has 0 N–H and O–H groups in total. The second-order valence-corrected chi connectivity index (χ2v) is 17.4. The molecule has 2 amide bonds. The van der Waals surface area contributed by atoms with Crippen molar-refractivity contribution >= 4 is 34.5 Å². The highest BCUT2D eigenvalue weighted by molar-refractivity contribution is 6.04. The van der Waals surface area contributed by atoms with Crippen molar-refractivity contribution in [3.8, 4) is 6.07 Å². The van der Waals surface area contributed by atoms with Gasteiger partial charge in [0.05, 0.1) is 28.4 Å². The van der Waals surface area contributed by atoms with E-state index in [1.807, 2.05) is 19.9 Å². The van der Waals surface area contributed by atoms with Gasteiger partial charge in [-0.2, -0.15) is 20.3 Å². The average Bonchev–Trinajstić information content (AvgIpc) is 4.06. The molecule has 15 nitrogen and oxygen atoms in total. The zero-order chi connectivity index (χ0) is 44.4. The monoisotopic (exact) mass is 862 g/mol. The molecule has 5 aromatic heterocycles. The molecule has 63 heavy (non-hydrogen) atoms. The minimum absolute atomic E-state index is 0.0351. The fourth-order valence-corrected chi connectivity index (χ4v) is 9.07. The molecular formula is C44H42F4N12O3. The molecule has 324 valence electrons. The Morgan fingerprint density at radius 1 is 0.905 bits per heavy atom. The number of para-hydroxylation sites is 1. The van der Waals surface area contributed by atoms with E-state index in [2.05, 4.69) is 31.1 Å². The van der Waals surface area contributed by atoms with Crippen LogP contribution in [0, 0.1) is 22.7 Å². The summed E-state index contributed by atoms with van der Waals surface area (Å²) in [5, 5.41) is 18.9. The lowest BCUT2D eigenvalue weighted by Crippen LogP contribution is -2.48. The van der Waals surface area contributed by atoms with Gasteiger partial charge in [-0.25, -0.2) is 41.5 Å². The predicted octanol–water partition coefficient (Wildman–Crippen LogP) is 7.52. The van der Waals surface area contributed by atoms with Crippen molar-refractivity contribution in [1.29, 1.82) is 5.26 Å². The second-order valence-electron chi connectivity index (χ2n) is 17.4. The van der Waals surface area contributed by atoms with Crippen LogP contribution >= 0.6 is 0 Å². The van der Waals surface area contributed by atoms with Crippen molar-refractivity contribution in [3.05, 3.63) is 113 Å². The first-order valence-corrected chi connectivity index (χ1v) is 20.6. The van der Waals surface area contributed by atoms with Crippen LogP contribution in [-0.4, -0.2) is 91.9 Å². The molecule has 2 aromatic carbocycles. The first-order valence-electron chi connectivity index (χ1n) is 20.6. The average molecular weight is 863 g/mol. The Labute approximate surface area is 357 Å². The van der Waals surface area contributed by atoms with Crippen LogP contribution in [0.1, 0.15) is 120 Å². The third-order valence-corrected chi connectivity index (χ3v) is 12.9. The fourth-order valence-electron chi connectivity index (χ4n) is 9.07. The van der Waals surface area contributed by atoms with E-state index in [1.54, 1.807) is 60.0 Å². The Morgan fingerprint density at radius 2 is 1.63 bits per heavy atom. The summed E-state index contributed by atoms with van der Waals surface area (Å²) >= 11 is 0. The topological polar surface area (TPSA) is 177 Å². The number of carbonyl (C=O) groups is 2. The van der Waals surface area contributed by atoms with Crippen molar-refractivity contribution in [2.45, 2.75) is 77.1 Å². The van der Waals surface area contributed by atoms with Crippen molar-refractivity contribution in [3.63, 3.8) is 0 Å². The van der Waals surface area contributed by atoms with E-state index in [0.717, 1.165) is 0 Å². The molecule has 2 saturated heterocycles. The summed E-state index contributed by atoms with van der Waals surface area (Å²) in [4.78, 5) is 52.8. The molecule has 1 unspecified atom stereocenters. The van der Waals surface area contributed by atoms with Gasteiger partial charge in [-0.15, -0.1) is 5.10 Å². The highest BCUT2D eigenvalue weighted by Crippen LogP contribution is 2.46. The lowest BCUT2D eigenvalue weighted by molar-refractivity contribution is 0.0515. The zero-order valence-electron chi connectivity index (χ0n) is 34.8. The van der Waals surface area contributed by atoms with Crippen molar-refractivity contribution in [2.24, 2.45) is 11.3 Å². The van der Waals surface area contributed by atoms with Crippen LogP contribution in [0.25, 0.3) is 22.7 Å². The first-order chi connectivity index (χ1) is 30.1. The number of carbonyl (C=O) groups excluding carboxylic acids is 2. The summed E-state index contributed by atoms with van der Waals surface area (Å²) in [5.74, 6) is -1.54. The largest absolute Gasteiger partial charge is 0.443 e. The van der Waals surface area contributed by atoms with E-state index < -0.39 is 46.9 Å². The molecule has 2 aliphatic rings. The molecule has 7 heterocycles. The Balaban J connectivity index is 1.08. The van der Waals surface area contributed by atoms with Crippen molar-refractivity contribution in [1.82, 2.24) is 53.9 Å². The number of likely N-dealkylation sites (tertiary alicyclic amines) is 2. The molecule has 4 atom stereocenters. The number of nitrogens with zero attached hydrogens (tertiary/aromatic N) is 12.